The summed E-state index contributed by atoms with van der Waals surface area (Å²) in [5, 5.41) is 9.70. The molecule has 1 aliphatic rings. The monoisotopic (exact) mass is 408 g/mol. The normalized spacial score (nSPS) is 16.2. The van der Waals surface area contributed by atoms with Crippen molar-refractivity contribution in [1.82, 2.24) is 0 Å². The Bertz CT molecular complexity index is 872. The Morgan fingerprint density at radius 1 is 1.25 bits per heavy atom. The van der Waals surface area contributed by atoms with E-state index in [-0.39, 0.29) is 41.0 Å². The fraction of sp³-hybridized carbons (Fsp3) is 0.368. The van der Waals surface area contributed by atoms with Crippen LogP contribution in [0.4, 0.5) is 0 Å². The minimum absolute atomic E-state index is 0.0300. The number of nitriles is 1. The number of methoxy groups -OCH3 is 3. The van der Waals surface area contributed by atoms with Gasteiger partial charge in [0.05, 0.1) is 45.3 Å². The van der Waals surface area contributed by atoms with Crippen molar-refractivity contribution in [2.24, 2.45) is 5.73 Å². The van der Waals surface area contributed by atoms with Crippen molar-refractivity contribution in [3.63, 3.8) is 0 Å². The molecule has 0 fully saturated rings. The Hall–Kier alpha value is -3.05. The van der Waals surface area contributed by atoms with Gasteiger partial charge in [0.15, 0.2) is 11.5 Å². The maximum Gasteiger partial charge on any atom is 0.338 e. The lowest BCUT2D eigenvalue weighted by Gasteiger charge is -2.29. The third-order valence-corrected chi connectivity index (χ3v) is 4.40. The number of halogens is 1. The molecule has 1 aromatic carbocycles. The summed E-state index contributed by atoms with van der Waals surface area (Å²) in [5.74, 6) is -0.747. The number of ether oxygens (including phenoxy) is 5. The lowest BCUT2D eigenvalue weighted by Crippen LogP contribution is -2.27. The van der Waals surface area contributed by atoms with E-state index in [1.165, 1.54) is 21.3 Å². The molecule has 1 heterocycles. The molecule has 0 saturated heterocycles. The molecule has 1 aromatic rings. The molecule has 28 heavy (non-hydrogen) atoms. The van der Waals surface area contributed by atoms with Crippen LogP contribution in [0.15, 0.2) is 34.9 Å². The SMILES string of the molecule is CCOC(=O)C1=C(CCl)OC(N)=C(C#N)C1c1ccc(OC)c(OC)c1OC. The van der Waals surface area contributed by atoms with E-state index in [0.29, 0.717) is 17.1 Å². The van der Waals surface area contributed by atoms with Gasteiger partial charge >= 0.3 is 5.97 Å². The van der Waals surface area contributed by atoms with Crippen LogP contribution in [0.2, 0.25) is 0 Å². The predicted molar refractivity (Wildman–Crippen MR) is 101 cm³/mol. The Morgan fingerprint density at radius 2 is 1.93 bits per heavy atom. The van der Waals surface area contributed by atoms with Gasteiger partial charge in [0.2, 0.25) is 11.6 Å². The summed E-state index contributed by atoms with van der Waals surface area (Å²) in [6.45, 7) is 1.80. The van der Waals surface area contributed by atoms with E-state index in [1.54, 1.807) is 19.1 Å². The quantitative estimate of drug-likeness (QED) is 0.541. The minimum Gasteiger partial charge on any atom is -0.493 e. The van der Waals surface area contributed by atoms with Crippen molar-refractivity contribution in [3.8, 4) is 23.3 Å². The number of nitrogens with two attached hydrogens (primary N) is 1. The van der Waals surface area contributed by atoms with Crippen LogP contribution < -0.4 is 19.9 Å². The summed E-state index contributed by atoms with van der Waals surface area (Å²) >= 11 is 5.98. The lowest BCUT2D eigenvalue weighted by atomic mass is 9.82. The number of hydrogen-bond acceptors (Lipinski definition) is 8. The van der Waals surface area contributed by atoms with Gasteiger partial charge in [-0.1, -0.05) is 6.07 Å². The average Bonchev–Trinajstić information content (AvgIpc) is 2.71. The van der Waals surface area contributed by atoms with Crippen molar-refractivity contribution < 1.29 is 28.5 Å². The number of carbonyl (C=O) groups excluding carboxylic acids is 1. The van der Waals surface area contributed by atoms with Crippen LogP contribution in [0.1, 0.15) is 18.4 Å². The predicted octanol–water partition coefficient (Wildman–Crippen LogP) is 2.58. The minimum atomic E-state index is -0.915. The second kappa shape index (κ2) is 9.24. The summed E-state index contributed by atoms with van der Waals surface area (Å²) in [4.78, 5) is 12.7. The number of rotatable bonds is 7. The Morgan fingerprint density at radius 3 is 2.43 bits per heavy atom. The van der Waals surface area contributed by atoms with E-state index >= 15 is 0 Å². The maximum atomic E-state index is 12.7. The summed E-state index contributed by atoms with van der Waals surface area (Å²) in [6.07, 6.45) is 0. The molecule has 0 bridgehead atoms. The van der Waals surface area contributed by atoms with E-state index in [2.05, 4.69) is 0 Å². The molecule has 2 rings (SSSR count). The zero-order valence-corrected chi connectivity index (χ0v) is 16.8. The Labute approximate surface area is 168 Å². The molecule has 1 aliphatic heterocycles. The van der Waals surface area contributed by atoms with E-state index in [4.69, 9.17) is 41.0 Å². The number of allylic oxidation sites excluding steroid dienone is 2. The van der Waals surface area contributed by atoms with Gasteiger partial charge < -0.3 is 29.4 Å². The molecule has 8 nitrogen and oxygen atoms in total. The van der Waals surface area contributed by atoms with Crippen molar-refractivity contribution in [1.29, 1.82) is 5.26 Å². The summed E-state index contributed by atoms with van der Waals surface area (Å²) in [7, 11) is 4.38. The zero-order chi connectivity index (χ0) is 20.8. The highest BCUT2D eigenvalue weighted by molar-refractivity contribution is 6.19. The smallest absolute Gasteiger partial charge is 0.338 e. The summed E-state index contributed by atoms with van der Waals surface area (Å²) in [6, 6.07) is 5.31. The first-order chi connectivity index (χ1) is 13.5. The van der Waals surface area contributed by atoms with Crippen LogP contribution >= 0.6 is 11.6 Å². The summed E-state index contributed by atoms with van der Waals surface area (Å²) in [5.41, 5.74) is 6.49. The molecule has 150 valence electrons. The number of benzene rings is 1. The van der Waals surface area contributed by atoms with Gasteiger partial charge in [-0.3, -0.25) is 0 Å². The molecule has 1 atom stereocenters. The lowest BCUT2D eigenvalue weighted by molar-refractivity contribution is -0.139. The van der Waals surface area contributed by atoms with Gasteiger partial charge in [0.1, 0.15) is 17.4 Å². The van der Waals surface area contributed by atoms with Crippen molar-refractivity contribution in [2.75, 3.05) is 33.8 Å². The second-order valence-electron chi connectivity index (χ2n) is 5.54. The number of alkyl halides is 1. The van der Waals surface area contributed by atoms with Crippen LogP contribution in [-0.2, 0) is 14.3 Å². The standard InChI is InChI=1S/C19H21ClN2O6/c1-5-27-19(23)15-13(8-20)28-18(22)11(9-21)14(15)10-6-7-12(24-2)17(26-4)16(10)25-3/h6-7,14H,5,8,22H2,1-4H3. The number of hydrogen-bond donors (Lipinski definition) is 1. The topological polar surface area (TPSA) is 113 Å². The first kappa shape index (κ1) is 21.3. The van der Waals surface area contributed by atoms with Gasteiger partial charge in [-0.05, 0) is 13.0 Å². The van der Waals surface area contributed by atoms with Crippen molar-refractivity contribution >= 4 is 17.6 Å². The van der Waals surface area contributed by atoms with Crippen LogP contribution in [0.5, 0.6) is 17.2 Å². The van der Waals surface area contributed by atoms with Gasteiger partial charge in [-0.2, -0.15) is 5.26 Å². The molecule has 0 spiro atoms. The largest absolute Gasteiger partial charge is 0.493 e. The summed E-state index contributed by atoms with van der Waals surface area (Å²) < 4.78 is 26.8. The molecule has 0 radical (unpaired) electrons. The molecule has 0 saturated carbocycles. The molecule has 1 unspecified atom stereocenters. The molecule has 0 amide bonds. The van der Waals surface area contributed by atoms with E-state index in [0.717, 1.165) is 0 Å². The molecule has 0 aromatic heterocycles. The molecule has 9 heteroatoms. The van der Waals surface area contributed by atoms with Gasteiger partial charge in [0.25, 0.3) is 0 Å². The second-order valence-corrected chi connectivity index (χ2v) is 5.81. The highest BCUT2D eigenvalue weighted by atomic mass is 35.5. The van der Waals surface area contributed by atoms with Gasteiger partial charge in [-0.25, -0.2) is 4.79 Å². The van der Waals surface area contributed by atoms with E-state index < -0.39 is 11.9 Å². The third kappa shape index (κ3) is 3.66. The van der Waals surface area contributed by atoms with Crippen molar-refractivity contribution in [2.45, 2.75) is 12.8 Å². The van der Waals surface area contributed by atoms with Gasteiger partial charge in [-0.15, -0.1) is 11.6 Å². The number of esters is 1. The molecular formula is C19H21ClN2O6. The van der Waals surface area contributed by atoms with Gasteiger partial charge in [0, 0.05) is 5.56 Å². The van der Waals surface area contributed by atoms with E-state index in [1.807, 2.05) is 6.07 Å². The number of carbonyl (C=O) groups is 1. The van der Waals surface area contributed by atoms with Crippen LogP contribution in [0.25, 0.3) is 0 Å². The third-order valence-electron chi connectivity index (χ3n) is 4.16. The highest BCUT2D eigenvalue weighted by Gasteiger charge is 2.39. The average molecular weight is 409 g/mol. The Balaban J connectivity index is 2.83. The maximum absolute atomic E-state index is 12.7. The van der Waals surface area contributed by atoms with Crippen LogP contribution in [0, 0.1) is 11.3 Å². The van der Waals surface area contributed by atoms with E-state index in [9.17, 15) is 10.1 Å². The fourth-order valence-corrected chi connectivity index (χ4v) is 3.21. The first-order valence-corrected chi connectivity index (χ1v) is 8.84. The first-order valence-electron chi connectivity index (χ1n) is 8.31. The molecule has 0 aliphatic carbocycles. The number of nitrogens with zero attached hydrogens (tertiary/aromatic N) is 1. The fourth-order valence-electron chi connectivity index (χ4n) is 3.01. The zero-order valence-electron chi connectivity index (χ0n) is 16.0. The van der Waals surface area contributed by atoms with Crippen LogP contribution in [0.3, 0.4) is 0 Å². The molecule has 2 N–H and O–H groups in total. The van der Waals surface area contributed by atoms with Crippen LogP contribution in [-0.4, -0.2) is 39.8 Å². The Kier molecular flexibility index (Phi) is 7.01. The molecular weight excluding hydrogens is 388 g/mol. The van der Waals surface area contributed by atoms with Crippen molar-refractivity contribution in [3.05, 3.63) is 40.5 Å². The highest BCUT2D eigenvalue weighted by Crippen LogP contribution is 2.48.